The first-order chi connectivity index (χ1) is 8.78. The molecule has 18 heavy (non-hydrogen) atoms. The summed E-state index contributed by atoms with van der Waals surface area (Å²) in [4.78, 5) is 4.39. The molecule has 94 valence electrons. The Bertz CT molecular complexity index is 589. The zero-order valence-corrected chi connectivity index (χ0v) is 10.6. The Morgan fingerprint density at radius 1 is 1.28 bits per heavy atom. The predicted molar refractivity (Wildman–Crippen MR) is 71.6 cm³/mol. The molecule has 2 bridgehead atoms. The van der Waals surface area contributed by atoms with E-state index in [4.69, 9.17) is 4.42 Å². The van der Waals surface area contributed by atoms with Crippen LogP contribution in [0.4, 0.5) is 5.69 Å². The van der Waals surface area contributed by atoms with Crippen LogP contribution in [-0.4, -0.2) is 11.0 Å². The van der Waals surface area contributed by atoms with Gasteiger partial charge in [-0.2, -0.15) is 0 Å². The fraction of sp³-hybridized carbons (Fsp3) is 0.533. The highest BCUT2D eigenvalue weighted by Gasteiger charge is 2.39. The lowest BCUT2D eigenvalue weighted by Gasteiger charge is -2.23. The number of anilines is 1. The molecule has 2 fully saturated rings. The summed E-state index contributed by atoms with van der Waals surface area (Å²) in [6, 6.07) is 6.91. The van der Waals surface area contributed by atoms with Gasteiger partial charge in [-0.25, -0.2) is 4.98 Å². The van der Waals surface area contributed by atoms with Crippen molar-refractivity contribution in [3.8, 4) is 0 Å². The molecule has 0 saturated heterocycles. The lowest BCUT2D eigenvalue weighted by atomic mass is 9.95. The van der Waals surface area contributed by atoms with Crippen LogP contribution in [0.15, 0.2) is 22.6 Å². The summed E-state index contributed by atoms with van der Waals surface area (Å²) in [6.45, 7) is 1.89. The second-order valence-corrected chi connectivity index (χ2v) is 5.84. The van der Waals surface area contributed by atoms with Crippen molar-refractivity contribution in [3.63, 3.8) is 0 Å². The Kier molecular flexibility index (Phi) is 2.16. The molecule has 1 aromatic carbocycles. The number of rotatable bonds is 2. The third kappa shape index (κ3) is 1.61. The van der Waals surface area contributed by atoms with E-state index in [1.807, 2.05) is 13.0 Å². The average molecular weight is 242 g/mol. The van der Waals surface area contributed by atoms with Crippen LogP contribution in [0.25, 0.3) is 11.1 Å². The number of benzene rings is 1. The highest BCUT2D eigenvalue weighted by Crippen LogP contribution is 2.45. The van der Waals surface area contributed by atoms with Crippen molar-refractivity contribution < 1.29 is 4.42 Å². The van der Waals surface area contributed by atoms with Gasteiger partial charge in [0.25, 0.3) is 0 Å². The molecule has 1 N–H and O–H groups in total. The molecule has 2 aliphatic rings. The van der Waals surface area contributed by atoms with Gasteiger partial charge in [-0.1, -0.05) is 6.42 Å². The highest BCUT2D eigenvalue weighted by molar-refractivity contribution is 5.77. The number of fused-ring (bicyclic) bond motifs is 3. The number of nitrogens with one attached hydrogen (secondary N) is 1. The largest absolute Gasteiger partial charge is 0.441 e. The first-order valence-electron chi connectivity index (χ1n) is 6.91. The number of aromatic nitrogens is 1. The summed E-state index contributed by atoms with van der Waals surface area (Å²) < 4.78 is 5.50. The van der Waals surface area contributed by atoms with E-state index in [-0.39, 0.29) is 0 Å². The fourth-order valence-electron chi connectivity index (χ4n) is 3.77. The van der Waals surface area contributed by atoms with Crippen molar-refractivity contribution >= 4 is 16.8 Å². The van der Waals surface area contributed by atoms with Crippen molar-refractivity contribution in [2.24, 2.45) is 11.8 Å². The maximum atomic E-state index is 5.50. The van der Waals surface area contributed by atoms with Gasteiger partial charge in [-0.3, -0.25) is 0 Å². The van der Waals surface area contributed by atoms with Crippen LogP contribution >= 0.6 is 0 Å². The van der Waals surface area contributed by atoms with E-state index in [0.29, 0.717) is 6.04 Å². The van der Waals surface area contributed by atoms with Crippen molar-refractivity contribution in [3.05, 3.63) is 24.1 Å². The van der Waals surface area contributed by atoms with Crippen molar-refractivity contribution in [1.29, 1.82) is 0 Å². The second-order valence-electron chi connectivity index (χ2n) is 5.84. The van der Waals surface area contributed by atoms with E-state index in [2.05, 4.69) is 22.4 Å². The second kappa shape index (κ2) is 3.74. The summed E-state index contributed by atoms with van der Waals surface area (Å²) >= 11 is 0. The molecule has 4 rings (SSSR count). The summed E-state index contributed by atoms with van der Waals surface area (Å²) in [5.41, 5.74) is 3.03. The maximum Gasteiger partial charge on any atom is 0.192 e. The van der Waals surface area contributed by atoms with Crippen molar-refractivity contribution in [1.82, 2.24) is 4.98 Å². The van der Waals surface area contributed by atoms with Crippen molar-refractivity contribution in [2.45, 2.75) is 38.6 Å². The van der Waals surface area contributed by atoms with Gasteiger partial charge >= 0.3 is 0 Å². The minimum atomic E-state index is 0.675. The van der Waals surface area contributed by atoms with Crippen LogP contribution in [0.3, 0.4) is 0 Å². The minimum absolute atomic E-state index is 0.675. The molecule has 0 spiro atoms. The molecule has 3 unspecified atom stereocenters. The molecular weight excluding hydrogens is 224 g/mol. The summed E-state index contributed by atoms with van der Waals surface area (Å²) in [6.07, 6.45) is 5.64. The SMILES string of the molecule is Cc1nc2cc(NC3CC4CCC3C4)ccc2o1. The lowest BCUT2D eigenvalue weighted by Crippen LogP contribution is -2.25. The smallest absolute Gasteiger partial charge is 0.192 e. The van der Waals surface area contributed by atoms with Gasteiger partial charge in [0.1, 0.15) is 5.52 Å². The summed E-state index contributed by atoms with van der Waals surface area (Å²) in [5, 5.41) is 3.69. The van der Waals surface area contributed by atoms with Gasteiger partial charge in [0.05, 0.1) is 0 Å². The monoisotopic (exact) mass is 242 g/mol. The summed E-state index contributed by atoms with van der Waals surface area (Å²) in [5.74, 6) is 2.61. The van der Waals surface area contributed by atoms with Gasteiger partial charge in [0, 0.05) is 18.7 Å². The molecule has 0 aliphatic heterocycles. The zero-order valence-electron chi connectivity index (χ0n) is 10.6. The number of hydrogen-bond acceptors (Lipinski definition) is 3. The molecule has 2 aliphatic carbocycles. The third-order valence-corrected chi connectivity index (χ3v) is 4.58. The summed E-state index contributed by atoms with van der Waals surface area (Å²) in [7, 11) is 0. The number of aryl methyl sites for hydroxylation is 1. The van der Waals surface area contributed by atoms with Crippen LogP contribution < -0.4 is 5.32 Å². The quantitative estimate of drug-likeness (QED) is 0.871. The lowest BCUT2D eigenvalue weighted by molar-refractivity contribution is 0.440. The zero-order chi connectivity index (χ0) is 12.1. The molecule has 2 saturated carbocycles. The topological polar surface area (TPSA) is 38.1 Å². The molecule has 2 aromatic rings. The first-order valence-corrected chi connectivity index (χ1v) is 6.91. The third-order valence-electron chi connectivity index (χ3n) is 4.58. The Hall–Kier alpha value is -1.51. The number of nitrogens with zero attached hydrogens (tertiary/aromatic N) is 1. The van der Waals surface area contributed by atoms with Gasteiger partial charge in [0.15, 0.2) is 11.5 Å². The Labute approximate surface area is 107 Å². The normalized spacial score (nSPS) is 30.2. The van der Waals surface area contributed by atoms with E-state index in [1.54, 1.807) is 0 Å². The van der Waals surface area contributed by atoms with Gasteiger partial charge in [-0.05, 0) is 49.3 Å². The molecule has 0 amide bonds. The Morgan fingerprint density at radius 3 is 3.00 bits per heavy atom. The van der Waals surface area contributed by atoms with Crippen molar-refractivity contribution in [2.75, 3.05) is 5.32 Å². The van der Waals surface area contributed by atoms with Crippen LogP contribution in [0.5, 0.6) is 0 Å². The van der Waals surface area contributed by atoms with Gasteiger partial charge in [0.2, 0.25) is 0 Å². The Morgan fingerprint density at radius 2 is 2.22 bits per heavy atom. The van der Waals surface area contributed by atoms with E-state index in [1.165, 1.54) is 31.4 Å². The molecule has 3 atom stereocenters. The van der Waals surface area contributed by atoms with E-state index in [0.717, 1.165) is 28.8 Å². The number of hydrogen-bond donors (Lipinski definition) is 1. The molecule has 3 nitrogen and oxygen atoms in total. The van der Waals surface area contributed by atoms with Crippen LogP contribution in [0, 0.1) is 18.8 Å². The van der Waals surface area contributed by atoms with E-state index >= 15 is 0 Å². The molecule has 3 heteroatoms. The van der Waals surface area contributed by atoms with Crippen LogP contribution in [0.2, 0.25) is 0 Å². The van der Waals surface area contributed by atoms with Crippen LogP contribution in [0.1, 0.15) is 31.6 Å². The average Bonchev–Trinajstić information content (AvgIpc) is 3.01. The Balaban J connectivity index is 1.59. The predicted octanol–water partition coefficient (Wildman–Crippen LogP) is 3.74. The van der Waals surface area contributed by atoms with Gasteiger partial charge in [-0.15, -0.1) is 0 Å². The van der Waals surface area contributed by atoms with E-state index in [9.17, 15) is 0 Å². The molecule has 1 heterocycles. The van der Waals surface area contributed by atoms with Crippen LogP contribution in [-0.2, 0) is 0 Å². The maximum absolute atomic E-state index is 5.50. The minimum Gasteiger partial charge on any atom is -0.441 e. The number of oxazole rings is 1. The highest BCUT2D eigenvalue weighted by atomic mass is 16.3. The van der Waals surface area contributed by atoms with Gasteiger partial charge < -0.3 is 9.73 Å². The molecule has 1 aromatic heterocycles. The van der Waals surface area contributed by atoms with E-state index < -0.39 is 0 Å². The molecule has 0 radical (unpaired) electrons. The molecular formula is C15H18N2O. The standard InChI is InChI=1S/C15H18N2O/c1-9-16-14-8-12(4-5-15(14)18-9)17-13-7-10-2-3-11(13)6-10/h4-5,8,10-11,13,17H,2-3,6-7H2,1H3. The fourth-order valence-corrected chi connectivity index (χ4v) is 3.77. The first kappa shape index (κ1) is 10.4.